The molecule has 1 fully saturated rings. The highest BCUT2D eigenvalue weighted by atomic mass is 35.5. The Kier molecular flexibility index (Phi) is 4.81. The van der Waals surface area contributed by atoms with E-state index in [2.05, 4.69) is 22.8 Å². The second kappa shape index (κ2) is 6.82. The van der Waals surface area contributed by atoms with Crippen LogP contribution in [0.1, 0.15) is 29.3 Å². The molecule has 5 heteroatoms. The summed E-state index contributed by atoms with van der Waals surface area (Å²) in [5.74, 6) is 0.0317. The molecule has 3 rings (SSSR count). The largest absolute Gasteiger partial charge is 0.320 e. The molecule has 1 aliphatic heterocycles. The zero-order chi connectivity index (χ0) is 15.5. The minimum Gasteiger partial charge on any atom is -0.320 e. The molecule has 1 saturated heterocycles. The second-order valence-electron chi connectivity index (χ2n) is 5.83. The van der Waals surface area contributed by atoms with Crippen LogP contribution >= 0.6 is 22.9 Å². The highest BCUT2D eigenvalue weighted by molar-refractivity contribution is 7.10. The number of nitrogens with one attached hydrogen (secondary N) is 2. The average Bonchev–Trinajstić information content (AvgIpc) is 3.12. The van der Waals surface area contributed by atoms with Crippen molar-refractivity contribution in [2.75, 3.05) is 18.4 Å². The molecule has 1 amide bonds. The third-order valence-electron chi connectivity index (χ3n) is 4.16. The van der Waals surface area contributed by atoms with Crippen molar-refractivity contribution in [1.29, 1.82) is 0 Å². The molecule has 116 valence electrons. The van der Waals surface area contributed by atoms with Gasteiger partial charge in [0, 0.05) is 12.8 Å². The summed E-state index contributed by atoms with van der Waals surface area (Å²) in [5, 5.41) is 5.65. The van der Waals surface area contributed by atoms with Gasteiger partial charge in [0.15, 0.2) is 6.54 Å². The number of thiophene rings is 1. The van der Waals surface area contributed by atoms with E-state index >= 15 is 0 Å². The Morgan fingerprint density at radius 3 is 3.05 bits per heavy atom. The van der Waals surface area contributed by atoms with Gasteiger partial charge < -0.3 is 10.2 Å². The topological polar surface area (TPSA) is 33.5 Å². The van der Waals surface area contributed by atoms with Gasteiger partial charge in [-0.3, -0.25) is 4.79 Å². The molecule has 0 saturated carbocycles. The van der Waals surface area contributed by atoms with Crippen molar-refractivity contribution in [3.05, 3.63) is 51.2 Å². The van der Waals surface area contributed by atoms with Crippen molar-refractivity contribution in [3.8, 4) is 0 Å². The van der Waals surface area contributed by atoms with E-state index in [0.29, 0.717) is 23.3 Å². The van der Waals surface area contributed by atoms with Gasteiger partial charge in [0.25, 0.3) is 5.91 Å². The van der Waals surface area contributed by atoms with E-state index in [0.717, 1.165) is 18.5 Å². The van der Waals surface area contributed by atoms with E-state index in [1.807, 2.05) is 25.1 Å². The van der Waals surface area contributed by atoms with E-state index in [1.54, 1.807) is 11.3 Å². The number of hydrogen-bond acceptors (Lipinski definition) is 2. The van der Waals surface area contributed by atoms with Crippen LogP contribution in [-0.4, -0.2) is 19.0 Å². The molecule has 2 heterocycles. The summed E-state index contributed by atoms with van der Waals surface area (Å²) >= 11 is 7.97. The summed E-state index contributed by atoms with van der Waals surface area (Å²) in [6, 6.07) is 10.4. The second-order valence-corrected chi connectivity index (χ2v) is 7.21. The Balaban J connectivity index is 1.64. The van der Waals surface area contributed by atoms with Crippen LogP contribution in [0, 0.1) is 6.92 Å². The number of anilines is 1. The first-order valence-electron chi connectivity index (χ1n) is 7.57. The van der Waals surface area contributed by atoms with Gasteiger partial charge in [0.2, 0.25) is 0 Å². The van der Waals surface area contributed by atoms with Crippen LogP contribution in [-0.2, 0) is 4.79 Å². The van der Waals surface area contributed by atoms with Crippen molar-refractivity contribution in [1.82, 2.24) is 0 Å². The first kappa shape index (κ1) is 15.5. The van der Waals surface area contributed by atoms with Gasteiger partial charge in [-0.1, -0.05) is 23.7 Å². The highest BCUT2D eigenvalue weighted by Gasteiger charge is 2.32. The number of rotatable bonds is 4. The van der Waals surface area contributed by atoms with Crippen molar-refractivity contribution < 1.29 is 9.69 Å². The molecule has 0 radical (unpaired) electrons. The van der Waals surface area contributed by atoms with Gasteiger partial charge in [-0.05, 0) is 36.1 Å². The van der Waals surface area contributed by atoms with Gasteiger partial charge in [0.1, 0.15) is 6.04 Å². The number of benzene rings is 1. The molecule has 2 N–H and O–H groups in total. The van der Waals surface area contributed by atoms with Gasteiger partial charge in [-0.2, -0.15) is 0 Å². The fourth-order valence-corrected chi connectivity index (χ4v) is 4.28. The minimum atomic E-state index is 0.0317. The zero-order valence-electron chi connectivity index (χ0n) is 12.6. The molecule has 2 atom stereocenters. The van der Waals surface area contributed by atoms with E-state index in [9.17, 15) is 4.79 Å². The summed E-state index contributed by atoms with van der Waals surface area (Å²) in [6.07, 6.45) is 2.34. The third kappa shape index (κ3) is 3.51. The van der Waals surface area contributed by atoms with Gasteiger partial charge in [-0.25, -0.2) is 0 Å². The zero-order valence-corrected chi connectivity index (χ0v) is 14.1. The molecular weight excluding hydrogens is 316 g/mol. The maximum absolute atomic E-state index is 12.3. The minimum absolute atomic E-state index is 0.0317. The summed E-state index contributed by atoms with van der Waals surface area (Å²) in [7, 11) is 0. The molecule has 0 bridgehead atoms. The number of likely N-dealkylation sites (tertiary alicyclic amines) is 1. The lowest BCUT2D eigenvalue weighted by atomic mass is 10.2. The molecule has 3 nitrogen and oxygen atoms in total. The normalized spacial score (nSPS) is 21.0. The Morgan fingerprint density at radius 1 is 1.45 bits per heavy atom. The Bertz CT molecular complexity index is 657. The maximum Gasteiger partial charge on any atom is 0.279 e. The van der Waals surface area contributed by atoms with E-state index in [4.69, 9.17) is 11.6 Å². The number of amides is 1. The summed E-state index contributed by atoms with van der Waals surface area (Å²) in [5.41, 5.74) is 1.79. The van der Waals surface area contributed by atoms with E-state index in [1.165, 1.54) is 16.2 Å². The predicted molar refractivity (Wildman–Crippen MR) is 91.8 cm³/mol. The molecule has 1 unspecified atom stereocenters. The first-order valence-corrected chi connectivity index (χ1v) is 8.83. The lowest BCUT2D eigenvalue weighted by molar-refractivity contribution is -0.910. The smallest absolute Gasteiger partial charge is 0.279 e. The molecule has 0 aliphatic carbocycles. The van der Waals surface area contributed by atoms with Crippen LogP contribution < -0.4 is 10.2 Å². The molecule has 1 aromatic heterocycles. The first-order chi connectivity index (χ1) is 10.6. The van der Waals surface area contributed by atoms with Crippen LogP contribution in [0.15, 0.2) is 35.7 Å². The standard InChI is InChI=1S/C17H19ClN2OS/c1-12-6-7-14(13(18)10-12)19-17(21)11-20-8-2-4-15(20)16-5-3-9-22-16/h3,5-7,9-10,15H,2,4,8,11H2,1H3,(H,19,21)/p+1/t15-/m1/s1. The molecule has 1 aromatic carbocycles. The van der Waals surface area contributed by atoms with Gasteiger partial charge >= 0.3 is 0 Å². The lowest BCUT2D eigenvalue weighted by Crippen LogP contribution is -3.11. The molecule has 22 heavy (non-hydrogen) atoms. The highest BCUT2D eigenvalue weighted by Crippen LogP contribution is 2.24. The SMILES string of the molecule is Cc1ccc(NC(=O)C[NH+]2CCC[C@@H]2c2cccs2)c(Cl)c1. The number of carbonyl (C=O) groups is 1. The van der Waals surface area contributed by atoms with Crippen LogP contribution in [0.5, 0.6) is 0 Å². The van der Waals surface area contributed by atoms with Crippen molar-refractivity contribution in [2.24, 2.45) is 0 Å². The van der Waals surface area contributed by atoms with E-state index in [-0.39, 0.29) is 5.91 Å². The summed E-state index contributed by atoms with van der Waals surface area (Å²) < 4.78 is 0. The van der Waals surface area contributed by atoms with Crippen molar-refractivity contribution >= 4 is 34.5 Å². The maximum atomic E-state index is 12.3. The number of carbonyl (C=O) groups excluding carboxylic acids is 1. The number of hydrogen-bond donors (Lipinski definition) is 2. The van der Waals surface area contributed by atoms with Gasteiger partial charge in [-0.15, -0.1) is 11.3 Å². The number of halogens is 1. The van der Waals surface area contributed by atoms with Crippen LogP contribution in [0.3, 0.4) is 0 Å². The number of quaternary nitrogens is 1. The van der Waals surface area contributed by atoms with Crippen molar-refractivity contribution in [3.63, 3.8) is 0 Å². The van der Waals surface area contributed by atoms with Gasteiger partial charge in [0.05, 0.1) is 22.1 Å². The Morgan fingerprint density at radius 2 is 2.32 bits per heavy atom. The molecule has 0 spiro atoms. The molecular formula is C17H20ClN2OS+. The van der Waals surface area contributed by atoms with Crippen LogP contribution in [0.2, 0.25) is 5.02 Å². The molecule has 1 aliphatic rings. The van der Waals surface area contributed by atoms with Crippen LogP contribution in [0.4, 0.5) is 5.69 Å². The van der Waals surface area contributed by atoms with Crippen LogP contribution in [0.25, 0.3) is 0 Å². The average molecular weight is 336 g/mol. The summed E-state index contributed by atoms with van der Waals surface area (Å²) in [6.45, 7) is 3.53. The monoisotopic (exact) mass is 335 g/mol. The number of aryl methyl sites for hydroxylation is 1. The quantitative estimate of drug-likeness (QED) is 0.884. The summed E-state index contributed by atoms with van der Waals surface area (Å²) in [4.78, 5) is 15.1. The Labute approximate surface area is 139 Å². The van der Waals surface area contributed by atoms with Crippen molar-refractivity contribution in [2.45, 2.75) is 25.8 Å². The fraction of sp³-hybridized carbons (Fsp3) is 0.353. The van der Waals surface area contributed by atoms with E-state index < -0.39 is 0 Å². The predicted octanol–water partition coefficient (Wildman–Crippen LogP) is 3.07. The third-order valence-corrected chi connectivity index (χ3v) is 5.46. The molecule has 2 aromatic rings. The fourth-order valence-electron chi connectivity index (χ4n) is 3.08. The lowest BCUT2D eigenvalue weighted by Gasteiger charge is -2.20. The Hall–Kier alpha value is -1.36.